The normalized spacial score (nSPS) is 18.7. The second kappa shape index (κ2) is 17.1. The number of halogens is 4. The molecule has 10 nitrogen and oxygen atoms in total. The molecule has 0 unspecified atom stereocenters. The fourth-order valence-corrected chi connectivity index (χ4v) is 8.22. The molecule has 2 aliphatic carbocycles. The van der Waals surface area contributed by atoms with E-state index < -0.39 is 23.3 Å². The van der Waals surface area contributed by atoms with Gasteiger partial charge in [-0.3, -0.25) is 0 Å². The van der Waals surface area contributed by atoms with Crippen molar-refractivity contribution < 1.29 is 17.6 Å². The lowest BCUT2D eigenvalue weighted by atomic mass is 10.1. The number of unbranched alkanes of at least 4 members (excludes halogenated alkanes) is 2. The molecule has 0 spiro atoms. The summed E-state index contributed by atoms with van der Waals surface area (Å²) in [5, 5.41) is 8.35. The highest BCUT2D eigenvalue weighted by Gasteiger charge is 2.40. The molecule has 0 amide bonds. The van der Waals surface area contributed by atoms with E-state index in [4.69, 9.17) is 4.98 Å². The molecule has 4 atom stereocenters. The molecule has 0 saturated heterocycles. The first-order valence-corrected chi connectivity index (χ1v) is 20.7. The number of hydrogen-bond donors (Lipinski definition) is 2. The van der Waals surface area contributed by atoms with Crippen LogP contribution >= 0.6 is 23.5 Å². The molecule has 0 radical (unpaired) electrons. The number of nitrogens with zero attached hydrogens (tertiary/aromatic N) is 8. The summed E-state index contributed by atoms with van der Waals surface area (Å²) < 4.78 is 57.3. The highest BCUT2D eigenvalue weighted by molar-refractivity contribution is 7.99. The quantitative estimate of drug-likeness (QED) is 0.0452. The van der Waals surface area contributed by atoms with Crippen molar-refractivity contribution in [3.63, 3.8) is 0 Å². The first kappa shape index (κ1) is 38.8. The van der Waals surface area contributed by atoms with E-state index in [0.717, 1.165) is 100 Å². The molecule has 2 fully saturated rings. The molecule has 2 aromatic carbocycles. The Kier molecular flexibility index (Phi) is 12.1. The van der Waals surface area contributed by atoms with Crippen LogP contribution < -0.4 is 10.6 Å². The molecule has 6 aromatic rings. The van der Waals surface area contributed by atoms with Gasteiger partial charge in [-0.2, -0.15) is 0 Å². The average molecular weight is 793 g/mol. The van der Waals surface area contributed by atoms with Gasteiger partial charge < -0.3 is 19.8 Å². The molecule has 290 valence electrons. The highest BCUT2D eigenvalue weighted by Crippen LogP contribution is 2.45. The van der Waals surface area contributed by atoms with Crippen LogP contribution in [-0.4, -0.2) is 62.6 Å². The van der Waals surface area contributed by atoms with Gasteiger partial charge in [0, 0.05) is 49.0 Å². The monoisotopic (exact) mass is 792 g/mol. The fraction of sp³-hybridized carbons (Fsp3) is 0.436. The van der Waals surface area contributed by atoms with E-state index in [1.165, 1.54) is 24.3 Å². The number of imidazole rings is 2. The lowest BCUT2D eigenvalue weighted by Gasteiger charge is -2.09. The van der Waals surface area contributed by atoms with Gasteiger partial charge >= 0.3 is 0 Å². The molecule has 8 rings (SSSR count). The van der Waals surface area contributed by atoms with Gasteiger partial charge in [0.1, 0.15) is 0 Å². The Bertz CT molecular complexity index is 2280. The molecule has 0 bridgehead atoms. The number of nitrogens with one attached hydrogen (secondary N) is 2. The van der Waals surface area contributed by atoms with E-state index in [0.29, 0.717) is 11.6 Å². The standard InChI is InChI=1S/C20H23F2N5S.C19H21F2N5S/c1-3-5-8-28-20-25-18(17-19(26-20)27(4-2)11-23-17)24-16-10-13(16)12-6-7-14(21)15(22)9-12;1-3-4-7-27-19-24-17(16-18(25-19)26(2)10-22-16)23-15-9-12(15)11-5-6-13(20)14(21)8-11/h6-7,9,11,13,16H,3-5,8,10H2,1-2H3,(H,24,25,26);5-6,8,10,12,15H,3-4,7,9H2,1-2H3,(H,23,24,25)/t13-,16+;12-,15+/m00/s1. The van der Waals surface area contributed by atoms with Crippen molar-refractivity contribution in [2.45, 2.75) is 100 Å². The summed E-state index contributed by atoms with van der Waals surface area (Å²) in [5.74, 6) is 0.415. The lowest BCUT2D eigenvalue weighted by molar-refractivity contribution is 0.507. The van der Waals surface area contributed by atoms with Gasteiger partial charge in [-0.25, -0.2) is 47.5 Å². The summed E-state index contributed by atoms with van der Waals surface area (Å²) in [4.78, 5) is 27.6. The SMILES string of the molecule is CCCCSc1nc(N[C@@H]2C[C@H]2c2ccc(F)c(F)c2)c2ncn(C)c2n1.CCCCSc1nc(N[C@@H]2C[C@H]2c2ccc(F)c(F)c2)c2ncn(CC)c2n1. The second-order valence-electron chi connectivity index (χ2n) is 13.9. The first-order valence-electron chi connectivity index (χ1n) is 18.8. The Labute approximate surface area is 325 Å². The zero-order chi connectivity index (χ0) is 38.6. The Hall–Kier alpha value is -4.44. The summed E-state index contributed by atoms with van der Waals surface area (Å²) in [6.45, 7) is 7.16. The van der Waals surface area contributed by atoms with Gasteiger partial charge in [0.2, 0.25) is 0 Å². The summed E-state index contributed by atoms with van der Waals surface area (Å²) in [5.41, 5.74) is 4.69. The van der Waals surface area contributed by atoms with Gasteiger partial charge in [0.25, 0.3) is 0 Å². The van der Waals surface area contributed by atoms with Gasteiger partial charge in [-0.1, -0.05) is 62.3 Å². The number of aryl methyl sites for hydroxylation is 2. The predicted molar refractivity (Wildman–Crippen MR) is 211 cm³/mol. The Morgan fingerprint density at radius 3 is 1.64 bits per heavy atom. The molecule has 4 aromatic heterocycles. The van der Waals surface area contributed by atoms with Gasteiger partial charge in [-0.15, -0.1) is 0 Å². The maximum Gasteiger partial charge on any atom is 0.191 e. The van der Waals surface area contributed by atoms with E-state index >= 15 is 0 Å². The Morgan fingerprint density at radius 2 is 1.15 bits per heavy atom. The molecular formula is C39H44F4N10S2. The van der Waals surface area contributed by atoms with E-state index in [9.17, 15) is 17.6 Å². The minimum atomic E-state index is -0.816. The van der Waals surface area contributed by atoms with Crippen molar-refractivity contribution in [3.05, 3.63) is 83.4 Å². The van der Waals surface area contributed by atoms with E-state index in [1.807, 2.05) is 16.2 Å². The summed E-state index contributed by atoms with van der Waals surface area (Å²) >= 11 is 3.29. The van der Waals surface area contributed by atoms with E-state index in [-0.39, 0.29) is 23.9 Å². The minimum Gasteiger partial charge on any atom is -0.365 e. The molecule has 4 heterocycles. The van der Waals surface area contributed by atoms with Crippen molar-refractivity contribution in [1.29, 1.82) is 0 Å². The molecule has 2 aliphatic rings. The van der Waals surface area contributed by atoms with Crippen LogP contribution in [0.15, 0.2) is 59.4 Å². The highest BCUT2D eigenvalue weighted by atomic mass is 32.2. The van der Waals surface area contributed by atoms with Crippen molar-refractivity contribution >= 4 is 57.5 Å². The molecule has 0 aliphatic heterocycles. The Balaban J connectivity index is 0.000000169. The minimum absolute atomic E-state index is 0.128. The Morgan fingerprint density at radius 1 is 0.655 bits per heavy atom. The van der Waals surface area contributed by atoms with E-state index in [2.05, 4.69) is 56.3 Å². The van der Waals surface area contributed by atoms with Crippen LogP contribution in [0.25, 0.3) is 22.3 Å². The van der Waals surface area contributed by atoms with Crippen LogP contribution in [-0.2, 0) is 13.6 Å². The number of hydrogen-bond acceptors (Lipinski definition) is 10. The van der Waals surface area contributed by atoms with Crippen LogP contribution in [0.5, 0.6) is 0 Å². The number of rotatable bonds is 15. The number of fused-ring (bicyclic) bond motifs is 2. The van der Waals surface area contributed by atoms with Crippen molar-refractivity contribution in [3.8, 4) is 0 Å². The molecule has 2 saturated carbocycles. The smallest absolute Gasteiger partial charge is 0.191 e. The third-order valence-electron chi connectivity index (χ3n) is 9.75. The van der Waals surface area contributed by atoms with Crippen LogP contribution in [0.2, 0.25) is 0 Å². The third-order valence-corrected chi connectivity index (χ3v) is 11.6. The first-order chi connectivity index (χ1) is 26.7. The van der Waals surface area contributed by atoms with Crippen molar-refractivity contribution in [1.82, 2.24) is 39.0 Å². The van der Waals surface area contributed by atoms with Crippen molar-refractivity contribution in [2.75, 3.05) is 22.1 Å². The molecular weight excluding hydrogens is 749 g/mol. The average Bonchev–Trinajstić information content (AvgIpc) is 4.05. The molecule has 16 heteroatoms. The van der Waals surface area contributed by atoms with E-state index in [1.54, 1.807) is 48.3 Å². The summed E-state index contributed by atoms with van der Waals surface area (Å²) in [7, 11) is 1.91. The topological polar surface area (TPSA) is 111 Å². The summed E-state index contributed by atoms with van der Waals surface area (Å²) in [6.07, 6.45) is 9.69. The third kappa shape index (κ3) is 9.01. The number of aromatic nitrogens is 8. The van der Waals surface area contributed by atoms with Crippen LogP contribution in [0.4, 0.5) is 29.2 Å². The largest absolute Gasteiger partial charge is 0.365 e. The number of anilines is 2. The molecule has 55 heavy (non-hydrogen) atoms. The lowest BCUT2D eigenvalue weighted by Crippen LogP contribution is -2.08. The van der Waals surface area contributed by atoms with Gasteiger partial charge in [0.05, 0.1) is 12.7 Å². The van der Waals surface area contributed by atoms with Crippen LogP contribution in [0.1, 0.15) is 82.3 Å². The van der Waals surface area contributed by atoms with Crippen LogP contribution in [0, 0.1) is 23.3 Å². The zero-order valence-electron chi connectivity index (χ0n) is 31.2. The maximum absolute atomic E-state index is 13.5. The predicted octanol–water partition coefficient (Wildman–Crippen LogP) is 9.49. The van der Waals surface area contributed by atoms with Gasteiger partial charge in [-0.05, 0) is 68.0 Å². The number of benzene rings is 2. The van der Waals surface area contributed by atoms with Crippen molar-refractivity contribution in [2.24, 2.45) is 7.05 Å². The zero-order valence-corrected chi connectivity index (χ0v) is 32.8. The number of thioether (sulfide) groups is 2. The summed E-state index contributed by atoms with van der Waals surface area (Å²) in [6, 6.07) is 8.50. The van der Waals surface area contributed by atoms with Crippen LogP contribution in [0.3, 0.4) is 0 Å². The second-order valence-corrected chi connectivity index (χ2v) is 16.0. The maximum atomic E-state index is 13.5. The van der Waals surface area contributed by atoms with Gasteiger partial charge in [0.15, 0.2) is 67.5 Å². The molecule has 2 N–H and O–H groups in total. The fourth-order valence-electron chi connectivity index (χ4n) is 6.37.